The molecule has 168 valence electrons. The summed E-state index contributed by atoms with van der Waals surface area (Å²) in [5.74, 6) is 0.176. The molecule has 0 fully saturated rings. The maximum absolute atomic E-state index is 13.3. The molecule has 6 nitrogen and oxygen atoms in total. The van der Waals surface area contributed by atoms with Crippen molar-refractivity contribution in [3.8, 4) is 0 Å². The molecule has 3 aromatic rings. The number of anilines is 1. The van der Waals surface area contributed by atoms with E-state index in [9.17, 15) is 18.0 Å². The molecule has 0 saturated heterocycles. The van der Waals surface area contributed by atoms with E-state index in [1.807, 2.05) is 20.8 Å². The van der Waals surface area contributed by atoms with Gasteiger partial charge in [-0.1, -0.05) is 0 Å². The van der Waals surface area contributed by atoms with Crippen molar-refractivity contribution in [3.05, 3.63) is 64.5 Å². The van der Waals surface area contributed by atoms with Gasteiger partial charge in [-0.3, -0.25) is 9.78 Å². The molecule has 1 atom stereocenters. The maximum atomic E-state index is 13.3. The van der Waals surface area contributed by atoms with E-state index in [0.29, 0.717) is 29.2 Å². The topological polar surface area (TPSA) is 81.3 Å². The molecule has 32 heavy (non-hydrogen) atoms. The lowest BCUT2D eigenvalue weighted by Crippen LogP contribution is -2.36. The summed E-state index contributed by atoms with van der Waals surface area (Å²) < 4.78 is 44.1. The van der Waals surface area contributed by atoms with Crippen molar-refractivity contribution in [2.24, 2.45) is 0 Å². The molecule has 1 aromatic carbocycles. The molecular weight excluding hydrogens is 421 g/mol. The summed E-state index contributed by atoms with van der Waals surface area (Å²) >= 11 is 0. The number of nitrogens with two attached hydrogens (primary N) is 1. The predicted octanol–water partition coefficient (Wildman–Crippen LogP) is 4.87. The van der Waals surface area contributed by atoms with Gasteiger partial charge in [0.25, 0.3) is 5.91 Å². The van der Waals surface area contributed by atoms with Crippen molar-refractivity contribution in [1.82, 2.24) is 14.9 Å². The molecule has 0 radical (unpaired) electrons. The smallest absolute Gasteiger partial charge is 0.383 e. The van der Waals surface area contributed by atoms with Crippen LogP contribution in [0.3, 0.4) is 0 Å². The van der Waals surface area contributed by atoms with Crippen LogP contribution in [0.25, 0.3) is 10.9 Å². The first kappa shape index (κ1) is 22.0. The normalized spacial score (nSPS) is 15.9. The summed E-state index contributed by atoms with van der Waals surface area (Å²) in [5, 5.41) is 0.806. The Bertz CT molecular complexity index is 1180. The number of ether oxygens (including phenoxy) is 1. The third kappa shape index (κ3) is 4.00. The molecule has 0 unspecified atom stereocenters. The van der Waals surface area contributed by atoms with Crippen LogP contribution in [0.15, 0.2) is 36.5 Å². The Kier molecular flexibility index (Phi) is 5.54. The molecule has 2 aromatic heterocycles. The van der Waals surface area contributed by atoms with Crippen LogP contribution in [-0.2, 0) is 24.1 Å². The van der Waals surface area contributed by atoms with Crippen molar-refractivity contribution in [2.45, 2.75) is 52.2 Å². The number of hydrogen-bond donors (Lipinski definition) is 1. The van der Waals surface area contributed by atoms with Gasteiger partial charge in [0.15, 0.2) is 0 Å². The number of rotatable bonds is 4. The van der Waals surface area contributed by atoms with Crippen molar-refractivity contribution in [2.75, 3.05) is 5.73 Å². The molecule has 0 bridgehead atoms. The van der Waals surface area contributed by atoms with Crippen LogP contribution in [0.4, 0.5) is 19.0 Å². The number of hydrogen-bond acceptors (Lipinski definition) is 5. The summed E-state index contributed by atoms with van der Waals surface area (Å²) in [6, 6.07) is 7.28. The number of alkyl halides is 3. The van der Waals surface area contributed by atoms with Crippen LogP contribution in [0.5, 0.6) is 0 Å². The second-order valence-corrected chi connectivity index (χ2v) is 8.14. The molecular formula is C23H23F3N4O2. The van der Waals surface area contributed by atoms with E-state index >= 15 is 0 Å². The molecule has 2 N–H and O–H groups in total. The average Bonchev–Trinajstić information content (AvgIpc) is 3.13. The number of nitrogens with zero attached hydrogens (tertiary/aromatic N) is 3. The van der Waals surface area contributed by atoms with Gasteiger partial charge in [-0.25, -0.2) is 4.98 Å². The minimum Gasteiger partial charge on any atom is -0.383 e. The third-order valence-electron chi connectivity index (χ3n) is 5.66. The van der Waals surface area contributed by atoms with Gasteiger partial charge in [-0.05, 0) is 56.7 Å². The van der Waals surface area contributed by atoms with E-state index in [2.05, 4.69) is 9.97 Å². The van der Waals surface area contributed by atoms with Crippen LogP contribution in [0.1, 0.15) is 59.6 Å². The summed E-state index contributed by atoms with van der Waals surface area (Å²) in [5.41, 5.74) is 8.54. The maximum Gasteiger partial charge on any atom is 0.417 e. The highest BCUT2D eigenvalue weighted by Gasteiger charge is 2.31. The molecule has 0 aliphatic carbocycles. The van der Waals surface area contributed by atoms with Gasteiger partial charge in [0, 0.05) is 28.8 Å². The highest BCUT2D eigenvalue weighted by atomic mass is 19.4. The van der Waals surface area contributed by atoms with Crippen molar-refractivity contribution in [1.29, 1.82) is 0 Å². The molecule has 1 aliphatic rings. The van der Waals surface area contributed by atoms with Crippen LogP contribution in [-0.4, -0.2) is 26.8 Å². The highest BCUT2D eigenvalue weighted by Crippen LogP contribution is 2.38. The standard InChI is InChI=1S/C23H23F3N4O2/c1-12(2)30(10-16-6-5-15(9-28-16)23(24,25)26)22(31)14-4-7-19-17(8-14)18-11-32-13(3)20(18)21(27)29-19/h4-9,12-13H,10-11H2,1-3H3,(H2,27,29)/t13-/m1/s1. The van der Waals surface area contributed by atoms with E-state index in [1.54, 1.807) is 23.1 Å². The Morgan fingerprint density at radius 3 is 2.66 bits per heavy atom. The van der Waals surface area contributed by atoms with E-state index in [0.717, 1.165) is 28.8 Å². The molecule has 4 rings (SSSR count). The number of nitrogen functional groups attached to an aromatic ring is 1. The summed E-state index contributed by atoms with van der Waals surface area (Å²) in [4.78, 5) is 23.3. The summed E-state index contributed by atoms with van der Waals surface area (Å²) in [7, 11) is 0. The van der Waals surface area contributed by atoms with E-state index in [-0.39, 0.29) is 24.6 Å². The van der Waals surface area contributed by atoms with E-state index < -0.39 is 11.7 Å². The number of carbonyl (C=O) groups is 1. The van der Waals surface area contributed by atoms with Gasteiger partial charge in [0.05, 0.1) is 36.0 Å². The largest absolute Gasteiger partial charge is 0.417 e. The third-order valence-corrected chi connectivity index (χ3v) is 5.66. The number of benzene rings is 1. The fourth-order valence-corrected chi connectivity index (χ4v) is 3.91. The van der Waals surface area contributed by atoms with Crippen molar-refractivity contribution in [3.63, 3.8) is 0 Å². The Hall–Kier alpha value is -3.20. The molecule has 3 heterocycles. The SMILES string of the molecule is CC(C)N(Cc1ccc(C(F)(F)F)cn1)C(=O)c1ccc2nc(N)c3c(c2c1)CO[C@@H]3C. The van der Waals surface area contributed by atoms with Crippen molar-refractivity contribution < 1.29 is 22.7 Å². The Morgan fingerprint density at radius 2 is 2.03 bits per heavy atom. The second-order valence-electron chi connectivity index (χ2n) is 8.14. The van der Waals surface area contributed by atoms with E-state index in [4.69, 9.17) is 10.5 Å². The quantitative estimate of drug-likeness (QED) is 0.621. The zero-order valence-corrected chi connectivity index (χ0v) is 17.9. The van der Waals surface area contributed by atoms with Crippen LogP contribution < -0.4 is 5.73 Å². The fraction of sp³-hybridized carbons (Fsp3) is 0.348. The summed E-state index contributed by atoms with van der Waals surface area (Å²) in [6.45, 7) is 6.07. The highest BCUT2D eigenvalue weighted by molar-refractivity contribution is 5.99. The Labute approximate surface area is 183 Å². The predicted molar refractivity (Wildman–Crippen MR) is 114 cm³/mol. The fourth-order valence-electron chi connectivity index (χ4n) is 3.91. The number of carbonyl (C=O) groups excluding carboxylic acids is 1. The molecule has 0 saturated carbocycles. The van der Waals surface area contributed by atoms with Gasteiger partial charge in [-0.2, -0.15) is 13.2 Å². The zero-order valence-electron chi connectivity index (χ0n) is 17.9. The first-order valence-electron chi connectivity index (χ1n) is 10.2. The first-order chi connectivity index (χ1) is 15.1. The lowest BCUT2D eigenvalue weighted by Gasteiger charge is -2.27. The number of pyridine rings is 2. The second kappa shape index (κ2) is 8.05. The Morgan fingerprint density at radius 1 is 1.28 bits per heavy atom. The number of halogens is 3. The monoisotopic (exact) mass is 444 g/mol. The molecule has 9 heteroatoms. The number of aromatic nitrogens is 2. The van der Waals surface area contributed by atoms with Gasteiger partial charge in [-0.15, -0.1) is 0 Å². The van der Waals surface area contributed by atoms with Gasteiger partial charge in [0.1, 0.15) is 5.82 Å². The minimum atomic E-state index is -4.46. The molecule has 1 aliphatic heterocycles. The zero-order chi connectivity index (χ0) is 23.2. The van der Waals surface area contributed by atoms with Crippen LogP contribution in [0.2, 0.25) is 0 Å². The molecule has 0 spiro atoms. The Balaban J connectivity index is 1.66. The number of fused-ring (bicyclic) bond motifs is 3. The van der Waals surface area contributed by atoms with Gasteiger partial charge < -0.3 is 15.4 Å². The van der Waals surface area contributed by atoms with Gasteiger partial charge in [0.2, 0.25) is 0 Å². The van der Waals surface area contributed by atoms with Gasteiger partial charge >= 0.3 is 6.18 Å². The van der Waals surface area contributed by atoms with E-state index in [1.165, 1.54) is 6.07 Å². The van der Waals surface area contributed by atoms with Crippen LogP contribution >= 0.6 is 0 Å². The lowest BCUT2D eigenvalue weighted by molar-refractivity contribution is -0.137. The first-order valence-corrected chi connectivity index (χ1v) is 10.2. The lowest BCUT2D eigenvalue weighted by atomic mass is 10.00. The minimum absolute atomic E-state index is 0.0882. The van der Waals surface area contributed by atoms with Crippen molar-refractivity contribution >= 4 is 22.6 Å². The van der Waals surface area contributed by atoms with Crippen LogP contribution in [0, 0.1) is 0 Å². The average molecular weight is 444 g/mol. The molecule has 1 amide bonds. The number of amides is 1. The summed E-state index contributed by atoms with van der Waals surface area (Å²) in [6.07, 6.45) is -3.84.